The van der Waals surface area contributed by atoms with Crippen LogP contribution in [-0.2, 0) is 0 Å². The second-order valence-electron chi connectivity index (χ2n) is 3.68. The van der Waals surface area contributed by atoms with Crippen molar-refractivity contribution >= 4 is 38.7 Å². The number of rotatable bonds is 1. The molecule has 1 aromatic carbocycles. The maximum atomic E-state index is 9.48. The van der Waals surface area contributed by atoms with Crippen molar-refractivity contribution in [2.24, 2.45) is 0 Å². The third-order valence-electron chi connectivity index (χ3n) is 2.54. The SMILES string of the molecule is Oc1ccc2nc(Br)n(-c3ccccc3Cl)c2n1. The first-order valence-corrected chi connectivity index (χ1v) is 6.33. The number of hydrogen-bond donors (Lipinski definition) is 1. The molecule has 0 fully saturated rings. The Bertz CT molecular complexity index is 741. The first-order valence-electron chi connectivity index (χ1n) is 5.15. The summed E-state index contributed by atoms with van der Waals surface area (Å²) in [6, 6.07) is 10.6. The molecule has 6 heteroatoms. The Morgan fingerprint density at radius 1 is 1.11 bits per heavy atom. The van der Waals surface area contributed by atoms with E-state index in [4.69, 9.17) is 11.6 Å². The van der Waals surface area contributed by atoms with Crippen molar-refractivity contribution in [2.75, 3.05) is 0 Å². The van der Waals surface area contributed by atoms with E-state index in [1.54, 1.807) is 16.7 Å². The van der Waals surface area contributed by atoms with Crippen LogP contribution in [-0.4, -0.2) is 19.6 Å². The fraction of sp³-hybridized carbons (Fsp3) is 0. The molecule has 90 valence electrons. The van der Waals surface area contributed by atoms with Gasteiger partial charge in [0.25, 0.3) is 0 Å². The predicted octanol–water partition coefficient (Wildman–Crippen LogP) is 3.54. The Hall–Kier alpha value is -1.59. The third kappa shape index (κ3) is 1.76. The van der Waals surface area contributed by atoms with Gasteiger partial charge in [-0.25, -0.2) is 4.98 Å². The van der Waals surface area contributed by atoms with Gasteiger partial charge in [0.15, 0.2) is 10.4 Å². The van der Waals surface area contributed by atoms with Gasteiger partial charge in [0, 0.05) is 6.07 Å². The minimum Gasteiger partial charge on any atom is -0.493 e. The van der Waals surface area contributed by atoms with E-state index in [1.165, 1.54) is 6.07 Å². The van der Waals surface area contributed by atoms with Crippen LogP contribution in [0.5, 0.6) is 5.88 Å². The zero-order valence-corrected chi connectivity index (χ0v) is 11.4. The van der Waals surface area contributed by atoms with Gasteiger partial charge in [0.1, 0.15) is 5.52 Å². The molecule has 18 heavy (non-hydrogen) atoms. The average molecular weight is 325 g/mol. The van der Waals surface area contributed by atoms with Crippen molar-refractivity contribution in [1.29, 1.82) is 0 Å². The molecule has 0 aliphatic carbocycles. The number of aromatic nitrogens is 3. The zero-order chi connectivity index (χ0) is 12.7. The molecule has 0 spiro atoms. The summed E-state index contributed by atoms with van der Waals surface area (Å²) in [7, 11) is 0. The van der Waals surface area contributed by atoms with Gasteiger partial charge < -0.3 is 5.11 Å². The van der Waals surface area contributed by atoms with Crippen molar-refractivity contribution in [3.63, 3.8) is 0 Å². The number of nitrogens with zero attached hydrogens (tertiary/aromatic N) is 3. The molecule has 2 aromatic heterocycles. The fourth-order valence-corrected chi connectivity index (χ4v) is 2.54. The van der Waals surface area contributed by atoms with E-state index in [1.807, 2.05) is 18.2 Å². The fourth-order valence-electron chi connectivity index (χ4n) is 1.77. The lowest BCUT2D eigenvalue weighted by Crippen LogP contribution is -1.96. The molecule has 0 amide bonds. The molecule has 0 saturated carbocycles. The van der Waals surface area contributed by atoms with Crippen LogP contribution in [0, 0.1) is 0 Å². The van der Waals surface area contributed by atoms with Gasteiger partial charge in [-0.05, 0) is 34.1 Å². The molecule has 0 aliphatic heterocycles. The van der Waals surface area contributed by atoms with Crippen LogP contribution in [0.25, 0.3) is 16.9 Å². The second kappa shape index (κ2) is 4.26. The Morgan fingerprint density at radius 2 is 1.89 bits per heavy atom. The number of para-hydroxylation sites is 1. The molecule has 2 heterocycles. The van der Waals surface area contributed by atoms with Gasteiger partial charge in [-0.15, -0.1) is 0 Å². The molecular formula is C12H7BrClN3O. The summed E-state index contributed by atoms with van der Waals surface area (Å²) in [6.07, 6.45) is 0. The number of aromatic hydroxyl groups is 1. The van der Waals surface area contributed by atoms with Gasteiger partial charge in [-0.2, -0.15) is 4.98 Å². The first kappa shape index (κ1) is 11.5. The zero-order valence-electron chi connectivity index (χ0n) is 9.01. The van der Waals surface area contributed by atoms with Crippen LogP contribution >= 0.6 is 27.5 Å². The molecule has 0 unspecified atom stereocenters. The number of halogens is 2. The van der Waals surface area contributed by atoms with Crippen molar-refractivity contribution < 1.29 is 5.11 Å². The maximum absolute atomic E-state index is 9.48. The lowest BCUT2D eigenvalue weighted by molar-refractivity contribution is 0.455. The summed E-state index contributed by atoms with van der Waals surface area (Å²) in [6.45, 7) is 0. The highest BCUT2D eigenvalue weighted by Gasteiger charge is 2.14. The minimum atomic E-state index is -0.0526. The van der Waals surface area contributed by atoms with Crippen molar-refractivity contribution in [2.45, 2.75) is 0 Å². The molecule has 3 aromatic rings. The summed E-state index contributed by atoms with van der Waals surface area (Å²) in [4.78, 5) is 8.40. The molecule has 1 N–H and O–H groups in total. The smallest absolute Gasteiger partial charge is 0.212 e. The van der Waals surface area contributed by atoms with Crippen LogP contribution < -0.4 is 0 Å². The second-order valence-corrected chi connectivity index (χ2v) is 4.80. The van der Waals surface area contributed by atoms with Crippen LogP contribution in [0.15, 0.2) is 41.1 Å². The quantitative estimate of drug-likeness (QED) is 0.745. The van der Waals surface area contributed by atoms with Crippen molar-refractivity contribution in [3.8, 4) is 11.6 Å². The van der Waals surface area contributed by atoms with Gasteiger partial charge >= 0.3 is 0 Å². The number of hydrogen-bond acceptors (Lipinski definition) is 3. The van der Waals surface area contributed by atoms with E-state index in [9.17, 15) is 5.11 Å². The Kier molecular flexibility index (Phi) is 2.72. The lowest BCUT2D eigenvalue weighted by Gasteiger charge is -2.07. The maximum Gasteiger partial charge on any atom is 0.212 e. The van der Waals surface area contributed by atoms with Gasteiger partial charge in [0.05, 0.1) is 10.7 Å². The largest absolute Gasteiger partial charge is 0.493 e. The van der Waals surface area contributed by atoms with Crippen molar-refractivity contribution in [1.82, 2.24) is 14.5 Å². The van der Waals surface area contributed by atoms with E-state index >= 15 is 0 Å². The van der Waals surface area contributed by atoms with E-state index < -0.39 is 0 Å². The van der Waals surface area contributed by atoms with Gasteiger partial charge in [-0.3, -0.25) is 4.57 Å². The molecular weight excluding hydrogens is 318 g/mol. The van der Waals surface area contributed by atoms with Crippen molar-refractivity contribution in [3.05, 3.63) is 46.2 Å². The van der Waals surface area contributed by atoms with Crippen LogP contribution in [0.1, 0.15) is 0 Å². The number of imidazole rings is 1. The molecule has 0 saturated heterocycles. The van der Waals surface area contributed by atoms with Crippen LogP contribution in [0.4, 0.5) is 0 Å². The molecule has 4 nitrogen and oxygen atoms in total. The number of benzene rings is 1. The highest BCUT2D eigenvalue weighted by Crippen LogP contribution is 2.28. The average Bonchev–Trinajstić information content (AvgIpc) is 2.66. The highest BCUT2D eigenvalue weighted by atomic mass is 79.9. The normalized spacial score (nSPS) is 11.0. The Morgan fingerprint density at radius 3 is 2.67 bits per heavy atom. The Balaban J connectivity index is 2.38. The van der Waals surface area contributed by atoms with E-state index in [2.05, 4.69) is 25.9 Å². The molecule has 0 aliphatic rings. The molecule has 0 bridgehead atoms. The first-order chi connectivity index (χ1) is 8.66. The summed E-state index contributed by atoms with van der Waals surface area (Å²) in [5.41, 5.74) is 1.99. The summed E-state index contributed by atoms with van der Waals surface area (Å²) in [5, 5.41) is 10.1. The third-order valence-corrected chi connectivity index (χ3v) is 3.39. The monoisotopic (exact) mass is 323 g/mol. The summed E-state index contributed by atoms with van der Waals surface area (Å²) in [5.74, 6) is -0.0526. The lowest BCUT2D eigenvalue weighted by atomic mass is 10.3. The van der Waals surface area contributed by atoms with E-state index in [0.717, 1.165) is 5.69 Å². The summed E-state index contributed by atoms with van der Waals surface area (Å²) < 4.78 is 2.33. The topological polar surface area (TPSA) is 50.9 Å². The van der Waals surface area contributed by atoms with E-state index in [-0.39, 0.29) is 5.88 Å². The molecule has 0 radical (unpaired) electrons. The van der Waals surface area contributed by atoms with E-state index in [0.29, 0.717) is 20.9 Å². The van der Waals surface area contributed by atoms with Gasteiger partial charge in [0.2, 0.25) is 5.88 Å². The summed E-state index contributed by atoms with van der Waals surface area (Å²) >= 11 is 9.54. The van der Waals surface area contributed by atoms with Gasteiger partial charge in [-0.1, -0.05) is 23.7 Å². The Labute approximate surface area is 116 Å². The minimum absolute atomic E-state index is 0.0526. The predicted molar refractivity (Wildman–Crippen MR) is 73.2 cm³/mol. The van der Waals surface area contributed by atoms with Crippen LogP contribution in [0.2, 0.25) is 5.02 Å². The molecule has 0 atom stereocenters. The molecule has 3 rings (SSSR count). The van der Waals surface area contributed by atoms with Crippen LogP contribution in [0.3, 0.4) is 0 Å². The standard InChI is InChI=1S/C12H7BrClN3O/c13-12-15-8-5-6-10(18)16-11(8)17(12)9-4-2-1-3-7(9)14/h1-6H,(H,16,18). The number of fused-ring (bicyclic) bond motifs is 1. The highest BCUT2D eigenvalue weighted by molar-refractivity contribution is 9.10. The number of pyridine rings is 1.